The molecule has 2 aliphatic rings. The summed E-state index contributed by atoms with van der Waals surface area (Å²) in [5.41, 5.74) is 0.206. The van der Waals surface area contributed by atoms with E-state index < -0.39 is 59.5 Å². The molecule has 3 aromatic rings. The van der Waals surface area contributed by atoms with Crippen LogP contribution >= 0.6 is 0 Å². The smallest absolute Gasteiger partial charge is 0.201 e. The summed E-state index contributed by atoms with van der Waals surface area (Å²) in [5.74, 6) is -7.55. The standard InChI is InChI=1S/C29H26F6O3/c1-14(36)18-8-9-20(27(33)25(18)31)16-4-2-15(3-5-16)19-7-6-17(24(30)26(19)32)12-37-22-11-10-21(23-13-38-23)28(34)29(22)35/h6-11,14-16,23,36H,2-5,12-13H2,1H3. The summed E-state index contributed by atoms with van der Waals surface area (Å²) >= 11 is 0. The molecule has 38 heavy (non-hydrogen) atoms. The van der Waals surface area contributed by atoms with E-state index in [0.717, 1.165) is 0 Å². The summed E-state index contributed by atoms with van der Waals surface area (Å²) in [7, 11) is 0. The predicted molar refractivity (Wildman–Crippen MR) is 127 cm³/mol. The first kappa shape index (κ1) is 26.6. The molecule has 0 bridgehead atoms. The van der Waals surface area contributed by atoms with Crippen LogP contribution in [0.4, 0.5) is 26.3 Å². The molecule has 0 amide bonds. The molecule has 3 aromatic carbocycles. The zero-order chi connectivity index (χ0) is 27.1. The van der Waals surface area contributed by atoms with Crippen molar-refractivity contribution >= 4 is 0 Å². The lowest BCUT2D eigenvalue weighted by atomic mass is 9.75. The highest BCUT2D eigenvalue weighted by molar-refractivity contribution is 5.35. The van der Waals surface area contributed by atoms with Crippen molar-refractivity contribution in [1.82, 2.24) is 0 Å². The van der Waals surface area contributed by atoms with E-state index >= 15 is 4.39 Å². The summed E-state index contributed by atoms with van der Waals surface area (Å²) in [4.78, 5) is 0. The molecule has 3 nitrogen and oxygen atoms in total. The van der Waals surface area contributed by atoms with Gasteiger partial charge in [0.25, 0.3) is 0 Å². The number of hydrogen-bond acceptors (Lipinski definition) is 3. The van der Waals surface area contributed by atoms with E-state index in [2.05, 4.69) is 0 Å². The van der Waals surface area contributed by atoms with Gasteiger partial charge in [-0.25, -0.2) is 22.0 Å². The van der Waals surface area contributed by atoms with Crippen molar-refractivity contribution in [3.05, 3.63) is 99.1 Å². The van der Waals surface area contributed by atoms with Gasteiger partial charge >= 0.3 is 0 Å². The molecular weight excluding hydrogens is 510 g/mol. The summed E-state index contributed by atoms with van der Waals surface area (Å²) in [6.07, 6.45) is 0.170. The molecule has 1 N–H and O–H groups in total. The van der Waals surface area contributed by atoms with Gasteiger partial charge < -0.3 is 14.6 Å². The highest BCUT2D eigenvalue weighted by Gasteiger charge is 2.31. The molecule has 1 heterocycles. The molecule has 202 valence electrons. The third-order valence-electron chi connectivity index (χ3n) is 7.53. The summed E-state index contributed by atoms with van der Waals surface area (Å²) < 4.78 is 97.5. The van der Waals surface area contributed by atoms with E-state index in [1.807, 2.05) is 0 Å². The highest BCUT2D eigenvalue weighted by Crippen LogP contribution is 2.43. The quantitative estimate of drug-likeness (QED) is 0.249. The van der Waals surface area contributed by atoms with Crippen LogP contribution in [0.2, 0.25) is 0 Å². The molecule has 2 atom stereocenters. The lowest BCUT2D eigenvalue weighted by Crippen LogP contribution is -2.16. The fourth-order valence-corrected chi connectivity index (χ4v) is 5.25. The number of aliphatic hydroxyl groups is 1. The highest BCUT2D eigenvalue weighted by atomic mass is 19.2. The van der Waals surface area contributed by atoms with Crippen LogP contribution in [0.15, 0.2) is 36.4 Å². The monoisotopic (exact) mass is 536 g/mol. The molecule has 5 rings (SSSR count). The van der Waals surface area contributed by atoms with Crippen LogP contribution in [0.1, 0.15) is 84.5 Å². The van der Waals surface area contributed by atoms with Crippen LogP contribution in [-0.2, 0) is 11.3 Å². The molecule has 2 fully saturated rings. The number of rotatable bonds is 7. The van der Waals surface area contributed by atoms with Gasteiger partial charge in [-0.3, -0.25) is 0 Å². The second-order valence-electron chi connectivity index (χ2n) is 9.93. The van der Waals surface area contributed by atoms with Crippen molar-refractivity contribution in [3.8, 4) is 5.75 Å². The van der Waals surface area contributed by atoms with Crippen molar-refractivity contribution < 1.29 is 40.9 Å². The van der Waals surface area contributed by atoms with Crippen LogP contribution < -0.4 is 4.74 Å². The average molecular weight is 537 g/mol. The topological polar surface area (TPSA) is 42.0 Å². The van der Waals surface area contributed by atoms with Crippen LogP contribution in [0.25, 0.3) is 0 Å². The Balaban J connectivity index is 1.25. The van der Waals surface area contributed by atoms with E-state index in [0.29, 0.717) is 32.3 Å². The van der Waals surface area contributed by atoms with Gasteiger partial charge in [0.1, 0.15) is 12.7 Å². The Morgan fingerprint density at radius 1 is 0.737 bits per heavy atom. The maximum atomic E-state index is 15.0. The SMILES string of the molecule is CC(O)c1ccc(C2CCC(c3ccc(COc4ccc(C5CO5)c(F)c4F)c(F)c3F)CC2)c(F)c1F. The number of ether oxygens (including phenoxy) is 2. The molecule has 1 saturated carbocycles. The Morgan fingerprint density at radius 3 is 1.84 bits per heavy atom. The van der Waals surface area contributed by atoms with Gasteiger partial charge in [0.15, 0.2) is 34.8 Å². The van der Waals surface area contributed by atoms with Crippen molar-refractivity contribution in [2.75, 3.05) is 6.61 Å². The average Bonchev–Trinajstić information content (AvgIpc) is 3.74. The Morgan fingerprint density at radius 2 is 1.26 bits per heavy atom. The van der Waals surface area contributed by atoms with E-state index in [1.54, 1.807) is 0 Å². The lowest BCUT2D eigenvalue weighted by Gasteiger charge is -2.30. The van der Waals surface area contributed by atoms with Gasteiger partial charge in [-0.1, -0.05) is 24.3 Å². The molecule has 1 saturated heterocycles. The molecular formula is C29H26F6O3. The van der Waals surface area contributed by atoms with E-state index in [1.165, 1.54) is 43.3 Å². The summed E-state index contributed by atoms with van der Waals surface area (Å²) in [6.45, 7) is 1.16. The zero-order valence-electron chi connectivity index (χ0n) is 20.5. The normalized spacial score (nSPS) is 21.8. The van der Waals surface area contributed by atoms with Crippen LogP contribution in [0.3, 0.4) is 0 Å². The van der Waals surface area contributed by atoms with Crippen molar-refractivity contribution in [2.45, 2.75) is 63.3 Å². The first-order valence-corrected chi connectivity index (χ1v) is 12.5. The van der Waals surface area contributed by atoms with Crippen molar-refractivity contribution in [3.63, 3.8) is 0 Å². The number of hydrogen-bond donors (Lipinski definition) is 1. The van der Waals surface area contributed by atoms with Gasteiger partial charge in [0, 0.05) is 16.7 Å². The Labute approximate surface area is 216 Å². The number of halogens is 6. The minimum Gasteiger partial charge on any atom is -0.486 e. The Hall–Kier alpha value is -3.04. The minimum absolute atomic E-state index is 0.0794. The van der Waals surface area contributed by atoms with Gasteiger partial charge in [-0.05, 0) is 67.7 Å². The van der Waals surface area contributed by atoms with Gasteiger partial charge in [-0.2, -0.15) is 4.39 Å². The van der Waals surface area contributed by atoms with Gasteiger partial charge in [0.05, 0.1) is 12.7 Å². The molecule has 1 aliphatic carbocycles. The molecule has 0 radical (unpaired) electrons. The maximum absolute atomic E-state index is 15.0. The van der Waals surface area contributed by atoms with Crippen molar-refractivity contribution in [2.24, 2.45) is 0 Å². The van der Waals surface area contributed by atoms with Crippen molar-refractivity contribution in [1.29, 1.82) is 0 Å². The van der Waals surface area contributed by atoms with E-state index in [-0.39, 0.29) is 39.7 Å². The second kappa shape index (κ2) is 10.6. The first-order chi connectivity index (χ1) is 18.2. The fourth-order valence-electron chi connectivity index (χ4n) is 5.25. The third-order valence-corrected chi connectivity index (χ3v) is 7.53. The van der Waals surface area contributed by atoms with Crippen LogP contribution in [0.5, 0.6) is 5.75 Å². The predicted octanol–water partition coefficient (Wildman–Crippen LogP) is 7.67. The Kier molecular flexibility index (Phi) is 7.42. The summed E-state index contributed by atoms with van der Waals surface area (Å²) in [6, 6.07) is 8.21. The maximum Gasteiger partial charge on any atom is 0.201 e. The summed E-state index contributed by atoms with van der Waals surface area (Å²) in [5, 5.41) is 9.59. The van der Waals surface area contributed by atoms with Crippen LogP contribution in [-0.4, -0.2) is 11.7 Å². The van der Waals surface area contributed by atoms with Gasteiger partial charge in [0.2, 0.25) is 5.82 Å². The second-order valence-corrected chi connectivity index (χ2v) is 9.93. The minimum atomic E-state index is -1.22. The molecule has 0 spiro atoms. The largest absolute Gasteiger partial charge is 0.486 e. The first-order valence-electron chi connectivity index (χ1n) is 12.5. The van der Waals surface area contributed by atoms with E-state index in [4.69, 9.17) is 9.47 Å². The number of benzene rings is 3. The van der Waals surface area contributed by atoms with Gasteiger partial charge in [-0.15, -0.1) is 0 Å². The Bertz CT molecular complexity index is 1350. The third kappa shape index (κ3) is 5.01. The number of epoxide rings is 1. The lowest BCUT2D eigenvalue weighted by molar-refractivity contribution is 0.192. The fraction of sp³-hybridized carbons (Fsp3) is 0.379. The molecule has 9 heteroatoms. The molecule has 2 unspecified atom stereocenters. The molecule has 0 aromatic heterocycles. The van der Waals surface area contributed by atoms with Crippen LogP contribution in [0, 0.1) is 34.9 Å². The molecule has 1 aliphatic heterocycles. The van der Waals surface area contributed by atoms with E-state index in [9.17, 15) is 27.1 Å². The number of aliphatic hydroxyl groups excluding tert-OH is 1. The zero-order valence-corrected chi connectivity index (χ0v) is 20.5.